The molecule has 2 fully saturated rings. The Morgan fingerprint density at radius 1 is 1.21 bits per heavy atom. The lowest BCUT2D eigenvalue weighted by Crippen LogP contribution is -2.43. The first kappa shape index (κ1) is 19.0. The number of likely N-dealkylation sites (tertiary alicyclic amines) is 1. The fourth-order valence-corrected chi connectivity index (χ4v) is 3.57. The van der Waals surface area contributed by atoms with Crippen LogP contribution in [0.3, 0.4) is 0 Å². The highest BCUT2D eigenvalue weighted by Crippen LogP contribution is 2.30. The number of ether oxygens (including phenoxy) is 2. The predicted octanol–water partition coefficient (Wildman–Crippen LogP) is 2.33. The van der Waals surface area contributed by atoms with Gasteiger partial charge in [0.25, 0.3) is 5.91 Å². The number of piperidine rings is 1. The molecule has 2 atom stereocenters. The number of amides is 1. The van der Waals surface area contributed by atoms with Crippen LogP contribution in [0.15, 0.2) is 24.3 Å². The maximum absolute atomic E-state index is 12.5. The number of rotatable bonds is 4. The lowest BCUT2D eigenvalue weighted by atomic mass is 9.89. The zero-order chi connectivity index (χ0) is 16.2. The van der Waals surface area contributed by atoms with Crippen molar-refractivity contribution in [2.45, 2.75) is 43.8 Å². The van der Waals surface area contributed by atoms with Crippen LogP contribution in [0.25, 0.3) is 0 Å². The van der Waals surface area contributed by atoms with Gasteiger partial charge in [-0.05, 0) is 49.3 Å². The Bertz CT molecular complexity index is 530. The monoisotopic (exact) mass is 354 g/mol. The summed E-state index contributed by atoms with van der Waals surface area (Å²) in [6.07, 6.45) is 3.49. The highest BCUT2D eigenvalue weighted by molar-refractivity contribution is 5.85. The Hall–Kier alpha value is -1.30. The summed E-state index contributed by atoms with van der Waals surface area (Å²) in [6, 6.07) is 8.28. The number of halogens is 1. The minimum absolute atomic E-state index is 0. The summed E-state index contributed by atoms with van der Waals surface area (Å²) >= 11 is 0. The molecule has 2 aliphatic heterocycles. The van der Waals surface area contributed by atoms with E-state index < -0.39 is 0 Å². The third-order valence-corrected chi connectivity index (χ3v) is 5.04. The van der Waals surface area contributed by atoms with Crippen LogP contribution in [-0.4, -0.2) is 49.8 Å². The molecule has 0 bridgehead atoms. The second-order valence-corrected chi connectivity index (χ2v) is 6.43. The van der Waals surface area contributed by atoms with E-state index in [1.165, 1.54) is 5.56 Å². The van der Waals surface area contributed by atoms with Crippen molar-refractivity contribution in [3.8, 4) is 5.75 Å². The Morgan fingerprint density at radius 2 is 1.88 bits per heavy atom. The molecule has 2 saturated heterocycles. The van der Waals surface area contributed by atoms with Crippen LogP contribution in [0.1, 0.15) is 37.2 Å². The summed E-state index contributed by atoms with van der Waals surface area (Å²) in [5, 5.41) is 0. The van der Waals surface area contributed by atoms with Crippen molar-refractivity contribution in [1.29, 1.82) is 0 Å². The standard InChI is InChI=1S/C18H26N2O3.ClH/c1-22-15-4-2-13(3-5-15)14-8-10-20(11-9-14)18(21)17-7-6-16(12-19)23-17;/h2-5,14,16-17H,6-12,19H2,1H3;1H/t16-,17+;/m1./s1. The van der Waals surface area contributed by atoms with E-state index in [0.717, 1.165) is 44.5 Å². The van der Waals surface area contributed by atoms with Crippen molar-refractivity contribution in [2.24, 2.45) is 5.73 Å². The van der Waals surface area contributed by atoms with Crippen LogP contribution in [0, 0.1) is 0 Å². The number of carbonyl (C=O) groups excluding carboxylic acids is 1. The molecule has 1 aromatic rings. The molecule has 6 heteroatoms. The van der Waals surface area contributed by atoms with Gasteiger partial charge in [-0.15, -0.1) is 12.4 Å². The van der Waals surface area contributed by atoms with Crippen molar-refractivity contribution in [1.82, 2.24) is 4.90 Å². The van der Waals surface area contributed by atoms with Gasteiger partial charge in [-0.2, -0.15) is 0 Å². The second-order valence-electron chi connectivity index (χ2n) is 6.43. The zero-order valence-electron chi connectivity index (χ0n) is 14.1. The summed E-state index contributed by atoms with van der Waals surface area (Å²) in [5.74, 6) is 1.55. The van der Waals surface area contributed by atoms with Gasteiger partial charge in [0.15, 0.2) is 0 Å². The number of carbonyl (C=O) groups is 1. The van der Waals surface area contributed by atoms with Crippen molar-refractivity contribution in [3.05, 3.63) is 29.8 Å². The summed E-state index contributed by atoms with van der Waals surface area (Å²) < 4.78 is 10.9. The molecule has 0 radical (unpaired) electrons. The van der Waals surface area contributed by atoms with Gasteiger partial charge in [0.1, 0.15) is 11.9 Å². The van der Waals surface area contributed by atoms with E-state index >= 15 is 0 Å². The SMILES string of the molecule is COc1ccc(C2CCN(C(=O)[C@@H]3CC[C@H](CN)O3)CC2)cc1.Cl. The Morgan fingerprint density at radius 3 is 2.42 bits per heavy atom. The number of hydrogen-bond donors (Lipinski definition) is 1. The highest BCUT2D eigenvalue weighted by Gasteiger charge is 2.34. The zero-order valence-corrected chi connectivity index (χ0v) is 15.0. The Labute approximate surface area is 149 Å². The third-order valence-electron chi connectivity index (χ3n) is 5.04. The third kappa shape index (κ3) is 4.21. The van der Waals surface area contributed by atoms with Gasteiger partial charge in [0, 0.05) is 19.6 Å². The van der Waals surface area contributed by atoms with Gasteiger partial charge in [-0.3, -0.25) is 4.79 Å². The molecule has 24 heavy (non-hydrogen) atoms. The number of benzene rings is 1. The molecule has 5 nitrogen and oxygen atoms in total. The maximum atomic E-state index is 12.5. The van der Waals surface area contributed by atoms with E-state index in [-0.39, 0.29) is 30.5 Å². The van der Waals surface area contributed by atoms with E-state index in [2.05, 4.69) is 12.1 Å². The highest BCUT2D eigenvalue weighted by atomic mass is 35.5. The van der Waals surface area contributed by atoms with Crippen molar-refractivity contribution >= 4 is 18.3 Å². The molecule has 2 N–H and O–H groups in total. The predicted molar refractivity (Wildman–Crippen MR) is 95.7 cm³/mol. The number of hydrogen-bond acceptors (Lipinski definition) is 4. The van der Waals surface area contributed by atoms with E-state index in [0.29, 0.717) is 12.5 Å². The number of methoxy groups -OCH3 is 1. The maximum Gasteiger partial charge on any atom is 0.251 e. The molecule has 2 heterocycles. The van der Waals surface area contributed by atoms with Crippen LogP contribution < -0.4 is 10.5 Å². The van der Waals surface area contributed by atoms with E-state index in [9.17, 15) is 4.79 Å². The molecule has 0 aromatic heterocycles. The average molecular weight is 355 g/mol. The van der Waals surface area contributed by atoms with Crippen molar-refractivity contribution in [2.75, 3.05) is 26.7 Å². The number of nitrogens with two attached hydrogens (primary N) is 1. The smallest absolute Gasteiger partial charge is 0.251 e. The number of nitrogens with zero attached hydrogens (tertiary/aromatic N) is 1. The molecule has 0 unspecified atom stereocenters. The van der Waals surface area contributed by atoms with Gasteiger partial charge in [0.2, 0.25) is 0 Å². The first-order valence-electron chi connectivity index (χ1n) is 8.49. The van der Waals surface area contributed by atoms with Crippen LogP contribution in [-0.2, 0) is 9.53 Å². The molecule has 134 valence electrons. The van der Waals surface area contributed by atoms with Crippen LogP contribution in [0.2, 0.25) is 0 Å². The van der Waals surface area contributed by atoms with Crippen molar-refractivity contribution in [3.63, 3.8) is 0 Å². The Balaban J connectivity index is 0.00000208. The van der Waals surface area contributed by atoms with E-state index in [1.54, 1.807) is 7.11 Å². The summed E-state index contributed by atoms with van der Waals surface area (Å²) in [7, 11) is 1.68. The fourth-order valence-electron chi connectivity index (χ4n) is 3.57. The van der Waals surface area contributed by atoms with Crippen LogP contribution in [0.4, 0.5) is 0 Å². The molecule has 0 spiro atoms. The van der Waals surface area contributed by atoms with Gasteiger partial charge >= 0.3 is 0 Å². The molecular formula is C18H27ClN2O3. The second kappa shape index (κ2) is 8.70. The lowest BCUT2D eigenvalue weighted by molar-refractivity contribution is -0.143. The molecule has 1 aromatic carbocycles. The van der Waals surface area contributed by atoms with E-state index in [1.807, 2.05) is 17.0 Å². The molecule has 0 aliphatic carbocycles. The first-order chi connectivity index (χ1) is 11.2. The largest absolute Gasteiger partial charge is 0.497 e. The van der Waals surface area contributed by atoms with Gasteiger partial charge in [0.05, 0.1) is 13.2 Å². The minimum Gasteiger partial charge on any atom is -0.497 e. The molecule has 2 aliphatic rings. The molecular weight excluding hydrogens is 328 g/mol. The van der Waals surface area contributed by atoms with Crippen LogP contribution in [0.5, 0.6) is 5.75 Å². The van der Waals surface area contributed by atoms with Gasteiger partial charge < -0.3 is 20.1 Å². The Kier molecular flexibility index (Phi) is 6.90. The fraction of sp³-hybridized carbons (Fsp3) is 0.611. The van der Waals surface area contributed by atoms with Gasteiger partial charge in [-0.1, -0.05) is 12.1 Å². The minimum atomic E-state index is -0.277. The topological polar surface area (TPSA) is 64.8 Å². The summed E-state index contributed by atoms with van der Waals surface area (Å²) in [4.78, 5) is 14.5. The normalized spacial score (nSPS) is 24.5. The van der Waals surface area contributed by atoms with Crippen molar-refractivity contribution < 1.29 is 14.3 Å². The average Bonchev–Trinajstić information content (AvgIpc) is 3.10. The summed E-state index contributed by atoms with van der Waals surface area (Å²) in [5.41, 5.74) is 6.95. The van der Waals surface area contributed by atoms with Crippen LogP contribution >= 0.6 is 12.4 Å². The quantitative estimate of drug-likeness (QED) is 0.901. The van der Waals surface area contributed by atoms with E-state index in [4.69, 9.17) is 15.2 Å². The lowest BCUT2D eigenvalue weighted by Gasteiger charge is -2.33. The first-order valence-corrected chi connectivity index (χ1v) is 8.49. The summed E-state index contributed by atoms with van der Waals surface area (Å²) in [6.45, 7) is 2.12. The molecule has 3 rings (SSSR count). The molecule has 1 amide bonds. The van der Waals surface area contributed by atoms with Gasteiger partial charge in [-0.25, -0.2) is 0 Å². The molecule has 0 saturated carbocycles.